The van der Waals surface area contributed by atoms with E-state index in [0.717, 1.165) is 49.4 Å². The highest BCUT2D eigenvalue weighted by molar-refractivity contribution is 5.62. The van der Waals surface area contributed by atoms with Crippen LogP contribution in [0.25, 0.3) is 0 Å². The Kier molecular flexibility index (Phi) is 8.48. The number of methoxy groups -OCH3 is 2. The Morgan fingerprint density at radius 3 is 2.24 bits per heavy atom. The molecule has 2 heterocycles. The molecular weight excluding hydrogens is 428 g/mol. The fourth-order valence-electron chi connectivity index (χ4n) is 5.40. The number of hydrogen-bond donors (Lipinski definition) is 1. The van der Waals surface area contributed by atoms with Crippen LogP contribution in [0.15, 0.2) is 54.6 Å². The molecule has 6 heteroatoms. The van der Waals surface area contributed by atoms with E-state index in [9.17, 15) is 5.11 Å². The molecule has 1 saturated heterocycles. The van der Waals surface area contributed by atoms with E-state index < -0.39 is 6.23 Å². The minimum atomic E-state index is -0.699. The van der Waals surface area contributed by atoms with Crippen molar-refractivity contribution in [3.63, 3.8) is 0 Å². The van der Waals surface area contributed by atoms with Gasteiger partial charge in [0.15, 0.2) is 0 Å². The molecule has 2 aliphatic rings. The Morgan fingerprint density at radius 1 is 0.941 bits per heavy atom. The smallest absolute Gasteiger partial charge is 0.143 e. The van der Waals surface area contributed by atoms with Crippen molar-refractivity contribution in [2.75, 3.05) is 38.8 Å². The predicted octanol–water partition coefficient (Wildman–Crippen LogP) is 4.49. The van der Waals surface area contributed by atoms with E-state index in [4.69, 9.17) is 14.2 Å². The third-order valence-electron chi connectivity index (χ3n) is 7.29. The monoisotopic (exact) mass is 468 g/mol. The fourth-order valence-corrected chi connectivity index (χ4v) is 5.40. The van der Waals surface area contributed by atoms with Gasteiger partial charge in [0.2, 0.25) is 0 Å². The van der Waals surface area contributed by atoms with Crippen LogP contribution in [0.4, 0.5) is 5.69 Å². The van der Waals surface area contributed by atoms with Crippen LogP contribution in [-0.4, -0.2) is 68.4 Å². The number of rotatable bonds is 10. The largest absolute Gasteiger partial charge is 0.489 e. The Labute approximate surface area is 204 Å². The molecule has 186 valence electrons. The molecule has 0 bridgehead atoms. The van der Waals surface area contributed by atoms with E-state index in [1.54, 1.807) is 14.2 Å². The van der Waals surface area contributed by atoms with Crippen molar-refractivity contribution in [1.82, 2.24) is 4.90 Å². The highest BCUT2D eigenvalue weighted by Gasteiger charge is 2.43. The summed E-state index contributed by atoms with van der Waals surface area (Å²) in [5.41, 5.74) is 2.08. The Bertz CT molecular complexity index is 881. The summed E-state index contributed by atoms with van der Waals surface area (Å²) < 4.78 is 17.6. The highest BCUT2D eigenvalue weighted by atomic mass is 16.5. The topological polar surface area (TPSA) is 54.4 Å². The van der Waals surface area contributed by atoms with Gasteiger partial charge in [0, 0.05) is 27.3 Å². The molecule has 5 unspecified atom stereocenters. The maximum absolute atomic E-state index is 12.1. The molecule has 1 N–H and O–H groups in total. The average molecular weight is 469 g/mol. The molecule has 6 nitrogen and oxygen atoms in total. The number of ether oxygens (including phenoxy) is 3. The highest BCUT2D eigenvalue weighted by Crippen LogP contribution is 2.42. The molecule has 5 atom stereocenters. The van der Waals surface area contributed by atoms with Gasteiger partial charge in [0.1, 0.15) is 18.6 Å². The molecule has 2 aliphatic heterocycles. The van der Waals surface area contributed by atoms with Gasteiger partial charge in [0.25, 0.3) is 0 Å². The first-order valence-electron chi connectivity index (χ1n) is 12.6. The molecule has 1 fully saturated rings. The molecule has 0 aromatic heterocycles. The zero-order valence-corrected chi connectivity index (χ0v) is 21.0. The van der Waals surface area contributed by atoms with E-state index >= 15 is 0 Å². The number of likely N-dealkylation sites (tertiary alicyclic amines) is 1. The number of para-hydroxylation sites is 2. The zero-order chi connectivity index (χ0) is 24.1. The van der Waals surface area contributed by atoms with Crippen LogP contribution >= 0.6 is 0 Å². The maximum Gasteiger partial charge on any atom is 0.143 e. The van der Waals surface area contributed by atoms with Crippen LogP contribution in [0.5, 0.6) is 5.75 Å². The molecule has 0 spiro atoms. The molecule has 0 radical (unpaired) electrons. The summed E-state index contributed by atoms with van der Waals surface area (Å²) in [4.78, 5) is 4.55. The molecule has 34 heavy (non-hydrogen) atoms. The van der Waals surface area contributed by atoms with Gasteiger partial charge in [-0.2, -0.15) is 0 Å². The Morgan fingerprint density at radius 2 is 1.59 bits per heavy atom. The first-order chi connectivity index (χ1) is 16.5. The number of hydrogen-bond acceptors (Lipinski definition) is 6. The van der Waals surface area contributed by atoms with E-state index in [1.165, 1.54) is 0 Å². The van der Waals surface area contributed by atoms with E-state index in [-0.39, 0.29) is 24.3 Å². The first kappa shape index (κ1) is 25.0. The van der Waals surface area contributed by atoms with Crippen molar-refractivity contribution in [3.8, 4) is 5.75 Å². The Hall–Kier alpha value is -2.12. The molecule has 0 amide bonds. The van der Waals surface area contributed by atoms with Crippen molar-refractivity contribution in [2.45, 2.75) is 63.6 Å². The minimum Gasteiger partial charge on any atom is -0.489 e. The molecule has 2 aromatic carbocycles. The second kappa shape index (κ2) is 11.5. The number of anilines is 1. The maximum atomic E-state index is 12.1. The van der Waals surface area contributed by atoms with Crippen LogP contribution in [0.1, 0.15) is 44.7 Å². The van der Waals surface area contributed by atoms with Gasteiger partial charge in [0.05, 0.1) is 30.0 Å². The van der Waals surface area contributed by atoms with Crippen molar-refractivity contribution in [1.29, 1.82) is 0 Å². The lowest BCUT2D eigenvalue weighted by Gasteiger charge is -2.46. The normalized spacial score (nSPS) is 24.6. The van der Waals surface area contributed by atoms with E-state index in [0.29, 0.717) is 12.5 Å². The summed E-state index contributed by atoms with van der Waals surface area (Å²) in [6.07, 6.45) is 2.43. The lowest BCUT2D eigenvalue weighted by atomic mass is 9.97. The second-order valence-corrected chi connectivity index (χ2v) is 9.92. The van der Waals surface area contributed by atoms with Gasteiger partial charge < -0.3 is 24.2 Å². The summed E-state index contributed by atoms with van der Waals surface area (Å²) in [7, 11) is 3.49. The number of nitrogens with zero attached hydrogens (tertiary/aromatic N) is 2. The number of aliphatic hydroxyl groups is 1. The van der Waals surface area contributed by atoms with Crippen LogP contribution in [0.3, 0.4) is 0 Å². The van der Waals surface area contributed by atoms with Crippen LogP contribution < -0.4 is 9.64 Å². The third kappa shape index (κ3) is 5.41. The van der Waals surface area contributed by atoms with E-state index in [1.807, 2.05) is 36.4 Å². The van der Waals surface area contributed by atoms with Crippen molar-refractivity contribution >= 4 is 5.69 Å². The minimum absolute atomic E-state index is 0.00620. The SMILES string of the molecule is COC1CN(C(CCCC(C)C)C(O)N2c3ccccc3OCC2c2ccccc2)CC1OC. The molecule has 4 rings (SSSR count). The molecule has 0 saturated carbocycles. The van der Waals surface area contributed by atoms with Gasteiger partial charge in [-0.05, 0) is 30.0 Å². The summed E-state index contributed by atoms with van der Waals surface area (Å²) >= 11 is 0. The molecular formula is C28H40N2O4. The predicted molar refractivity (Wildman–Crippen MR) is 135 cm³/mol. The van der Waals surface area contributed by atoms with Crippen LogP contribution in [0.2, 0.25) is 0 Å². The average Bonchev–Trinajstić information content (AvgIpc) is 3.29. The zero-order valence-electron chi connectivity index (χ0n) is 21.0. The number of benzene rings is 2. The van der Waals surface area contributed by atoms with Gasteiger partial charge in [-0.3, -0.25) is 4.90 Å². The summed E-state index contributed by atoms with van der Waals surface area (Å²) in [5, 5.41) is 12.1. The fraction of sp³-hybridized carbons (Fsp3) is 0.571. The lowest BCUT2D eigenvalue weighted by Crippen LogP contribution is -2.55. The summed E-state index contributed by atoms with van der Waals surface area (Å²) in [6.45, 7) is 6.51. The lowest BCUT2D eigenvalue weighted by molar-refractivity contribution is -0.00461. The van der Waals surface area contributed by atoms with Crippen molar-refractivity contribution in [3.05, 3.63) is 60.2 Å². The first-order valence-corrected chi connectivity index (χ1v) is 12.6. The van der Waals surface area contributed by atoms with Gasteiger partial charge >= 0.3 is 0 Å². The van der Waals surface area contributed by atoms with Crippen LogP contribution in [-0.2, 0) is 9.47 Å². The standard InChI is InChI=1S/C28H40N2O4/c1-20(2)11-10-15-23(29-17-26(32-3)27(18-29)33-4)28(31)30-22-14-8-9-16-25(22)34-19-24(30)21-12-6-5-7-13-21/h5-9,12-14,16,20,23-24,26-28,31H,10-11,15,17-19H2,1-4H3. The molecule has 2 aromatic rings. The summed E-state index contributed by atoms with van der Waals surface area (Å²) in [6, 6.07) is 18.3. The van der Waals surface area contributed by atoms with Gasteiger partial charge in [-0.15, -0.1) is 0 Å². The van der Waals surface area contributed by atoms with Crippen LogP contribution in [0, 0.1) is 5.92 Å². The Balaban J connectivity index is 1.67. The number of fused-ring (bicyclic) bond motifs is 1. The number of aliphatic hydroxyl groups excluding tert-OH is 1. The van der Waals surface area contributed by atoms with Crippen molar-refractivity contribution in [2.24, 2.45) is 5.92 Å². The van der Waals surface area contributed by atoms with E-state index in [2.05, 4.69) is 41.8 Å². The van der Waals surface area contributed by atoms with Gasteiger partial charge in [-0.1, -0.05) is 69.2 Å². The third-order valence-corrected chi connectivity index (χ3v) is 7.29. The van der Waals surface area contributed by atoms with Gasteiger partial charge in [-0.25, -0.2) is 0 Å². The summed E-state index contributed by atoms with van der Waals surface area (Å²) in [5.74, 6) is 1.46. The molecule has 0 aliphatic carbocycles. The second-order valence-electron chi connectivity index (χ2n) is 9.92. The quantitative estimate of drug-likeness (QED) is 0.555. The van der Waals surface area contributed by atoms with Crippen molar-refractivity contribution < 1.29 is 19.3 Å².